The third kappa shape index (κ3) is 10.7. The summed E-state index contributed by atoms with van der Waals surface area (Å²) in [6.07, 6.45) is 1.76. The predicted molar refractivity (Wildman–Crippen MR) is 36.8 cm³/mol. The van der Waals surface area contributed by atoms with Crippen LogP contribution >= 0.6 is 17.0 Å². The second-order valence-electron chi connectivity index (χ2n) is 1.46. The van der Waals surface area contributed by atoms with Crippen LogP contribution in [-0.2, 0) is 0 Å². The summed E-state index contributed by atoms with van der Waals surface area (Å²) >= 11 is 0. The van der Waals surface area contributed by atoms with Gasteiger partial charge in [0.15, 0.2) is 0 Å². The zero-order chi connectivity index (χ0) is 4.99. The van der Waals surface area contributed by atoms with Crippen molar-refractivity contribution in [2.45, 2.75) is 13.8 Å². The molecule has 1 N–H and O–H groups in total. The van der Waals surface area contributed by atoms with Gasteiger partial charge in [0.05, 0.1) is 6.61 Å². The second-order valence-corrected chi connectivity index (χ2v) is 1.46. The van der Waals surface area contributed by atoms with Gasteiger partial charge in [-0.05, 0) is 13.8 Å². The van der Waals surface area contributed by atoms with E-state index in [1.165, 1.54) is 0 Å². The van der Waals surface area contributed by atoms with Crippen molar-refractivity contribution in [3.05, 3.63) is 11.6 Å². The van der Waals surface area contributed by atoms with Crippen LogP contribution in [0, 0.1) is 0 Å². The Hall–Kier alpha value is 0.180. The van der Waals surface area contributed by atoms with E-state index in [0.29, 0.717) is 0 Å². The number of allylic oxidation sites excluding steroid dienone is 1. The third-order valence-electron chi connectivity index (χ3n) is 0.500. The summed E-state index contributed by atoms with van der Waals surface area (Å²) in [5, 5.41) is 8.16. The molecule has 0 aliphatic carbocycles. The van der Waals surface area contributed by atoms with Crippen LogP contribution in [0.1, 0.15) is 13.8 Å². The van der Waals surface area contributed by atoms with Crippen molar-refractivity contribution in [3.63, 3.8) is 0 Å². The maximum Gasteiger partial charge on any atom is 0.0614 e. The monoisotopic (exact) mass is 166 g/mol. The van der Waals surface area contributed by atoms with E-state index < -0.39 is 0 Å². The van der Waals surface area contributed by atoms with Crippen LogP contribution in [0.3, 0.4) is 0 Å². The first-order valence-electron chi connectivity index (χ1n) is 2.01. The number of aliphatic hydroxyl groups excluding tert-OH is 1. The van der Waals surface area contributed by atoms with Gasteiger partial charge in [0.25, 0.3) is 0 Å². The molecular formula is C5H11BrO. The molecule has 0 aromatic rings. The van der Waals surface area contributed by atoms with Gasteiger partial charge in [0, 0.05) is 0 Å². The van der Waals surface area contributed by atoms with Gasteiger partial charge in [0.1, 0.15) is 0 Å². The van der Waals surface area contributed by atoms with Crippen LogP contribution in [-0.4, -0.2) is 11.7 Å². The molecule has 0 rings (SSSR count). The molecule has 0 atom stereocenters. The van der Waals surface area contributed by atoms with E-state index in [2.05, 4.69) is 0 Å². The number of hydrogen-bond acceptors (Lipinski definition) is 1. The summed E-state index contributed by atoms with van der Waals surface area (Å²) in [7, 11) is 0. The summed E-state index contributed by atoms with van der Waals surface area (Å²) in [4.78, 5) is 0. The minimum absolute atomic E-state index is 0. The van der Waals surface area contributed by atoms with E-state index in [1.54, 1.807) is 6.08 Å². The molecule has 0 aliphatic rings. The van der Waals surface area contributed by atoms with Crippen LogP contribution in [0.5, 0.6) is 0 Å². The second kappa shape index (κ2) is 6.18. The summed E-state index contributed by atoms with van der Waals surface area (Å²) in [6.45, 7) is 4.08. The third-order valence-corrected chi connectivity index (χ3v) is 0.500. The van der Waals surface area contributed by atoms with E-state index >= 15 is 0 Å². The first-order valence-corrected chi connectivity index (χ1v) is 2.01. The van der Waals surface area contributed by atoms with Gasteiger partial charge in [-0.1, -0.05) is 11.6 Å². The molecular weight excluding hydrogens is 156 g/mol. The SMILES string of the molecule is Br.CC(C)=CCO. The minimum Gasteiger partial charge on any atom is -0.392 e. The van der Waals surface area contributed by atoms with Crippen molar-refractivity contribution in [2.24, 2.45) is 0 Å². The lowest BCUT2D eigenvalue weighted by Crippen LogP contribution is -1.71. The first-order chi connectivity index (χ1) is 2.77. The highest BCUT2D eigenvalue weighted by atomic mass is 79.9. The Kier molecular flexibility index (Phi) is 9.02. The molecule has 0 heterocycles. The van der Waals surface area contributed by atoms with Gasteiger partial charge in [-0.25, -0.2) is 0 Å². The molecule has 0 saturated carbocycles. The van der Waals surface area contributed by atoms with Crippen molar-refractivity contribution in [1.29, 1.82) is 0 Å². The number of aliphatic hydroxyl groups is 1. The Bertz CT molecular complexity index is 55.1. The Balaban J connectivity index is 0. The molecule has 2 heteroatoms. The van der Waals surface area contributed by atoms with E-state index in [0.717, 1.165) is 5.57 Å². The average Bonchev–Trinajstić information content (AvgIpc) is 1.35. The Morgan fingerprint density at radius 1 is 1.57 bits per heavy atom. The molecule has 0 aromatic carbocycles. The highest BCUT2D eigenvalue weighted by Crippen LogP contribution is 1.83. The largest absolute Gasteiger partial charge is 0.392 e. The zero-order valence-corrected chi connectivity index (χ0v) is 6.35. The molecule has 0 saturated heterocycles. The average molecular weight is 167 g/mol. The molecule has 44 valence electrons. The molecule has 0 aromatic heterocycles. The highest BCUT2D eigenvalue weighted by Gasteiger charge is 1.68. The predicted octanol–water partition coefficient (Wildman–Crippen LogP) is 1.52. The Morgan fingerprint density at radius 3 is 2.00 bits per heavy atom. The topological polar surface area (TPSA) is 20.2 Å². The number of rotatable bonds is 1. The van der Waals surface area contributed by atoms with Gasteiger partial charge < -0.3 is 5.11 Å². The lowest BCUT2D eigenvalue weighted by Gasteiger charge is -1.80. The lowest BCUT2D eigenvalue weighted by atomic mass is 10.3. The fraction of sp³-hybridized carbons (Fsp3) is 0.600. The maximum absolute atomic E-state index is 8.16. The fourth-order valence-corrected chi connectivity index (χ4v) is 0.183. The molecule has 1 nitrogen and oxygen atoms in total. The van der Waals surface area contributed by atoms with Gasteiger partial charge in [-0.3, -0.25) is 0 Å². The zero-order valence-electron chi connectivity index (χ0n) is 4.64. The molecule has 0 spiro atoms. The summed E-state index contributed by atoms with van der Waals surface area (Å²) in [6, 6.07) is 0. The van der Waals surface area contributed by atoms with Crippen molar-refractivity contribution in [1.82, 2.24) is 0 Å². The van der Waals surface area contributed by atoms with Crippen LogP contribution in [0.25, 0.3) is 0 Å². The fourth-order valence-electron chi connectivity index (χ4n) is 0.183. The van der Waals surface area contributed by atoms with Crippen molar-refractivity contribution >= 4 is 17.0 Å². The summed E-state index contributed by atoms with van der Waals surface area (Å²) in [5.74, 6) is 0. The smallest absolute Gasteiger partial charge is 0.0614 e. The van der Waals surface area contributed by atoms with Crippen LogP contribution in [0.4, 0.5) is 0 Å². The van der Waals surface area contributed by atoms with Gasteiger partial charge in [0.2, 0.25) is 0 Å². The lowest BCUT2D eigenvalue weighted by molar-refractivity contribution is 0.342. The standard InChI is InChI=1S/C5H10O.BrH/c1-5(2)3-4-6;/h3,6H,4H2,1-2H3;1H. The maximum atomic E-state index is 8.16. The van der Waals surface area contributed by atoms with Crippen molar-refractivity contribution < 1.29 is 5.11 Å². The molecule has 0 amide bonds. The van der Waals surface area contributed by atoms with Gasteiger partial charge >= 0.3 is 0 Å². The van der Waals surface area contributed by atoms with Crippen LogP contribution in [0.2, 0.25) is 0 Å². The minimum atomic E-state index is 0. The molecule has 7 heavy (non-hydrogen) atoms. The Morgan fingerprint density at radius 2 is 2.00 bits per heavy atom. The van der Waals surface area contributed by atoms with Crippen molar-refractivity contribution in [3.8, 4) is 0 Å². The molecule has 0 unspecified atom stereocenters. The Labute approximate surface area is 54.8 Å². The van der Waals surface area contributed by atoms with Crippen LogP contribution in [0.15, 0.2) is 11.6 Å². The number of halogens is 1. The summed E-state index contributed by atoms with van der Waals surface area (Å²) < 4.78 is 0. The number of hydrogen-bond donors (Lipinski definition) is 1. The molecule has 0 aliphatic heterocycles. The van der Waals surface area contributed by atoms with Crippen LogP contribution < -0.4 is 0 Å². The highest BCUT2D eigenvalue weighted by molar-refractivity contribution is 8.93. The van der Waals surface area contributed by atoms with Gasteiger partial charge in [-0.15, -0.1) is 17.0 Å². The first kappa shape index (κ1) is 10.2. The van der Waals surface area contributed by atoms with Crippen molar-refractivity contribution in [2.75, 3.05) is 6.61 Å². The molecule has 0 fully saturated rings. The summed E-state index contributed by atoms with van der Waals surface area (Å²) in [5.41, 5.74) is 1.16. The molecule has 0 bridgehead atoms. The van der Waals surface area contributed by atoms with E-state index in [-0.39, 0.29) is 23.6 Å². The normalized spacial score (nSPS) is 6.71. The van der Waals surface area contributed by atoms with E-state index in [9.17, 15) is 0 Å². The van der Waals surface area contributed by atoms with E-state index in [4.69, 9.17) is 5.11 Å². The molecule has 0 radical (unpaired) electrons. The van der Waals surface area contributed by atoms with E-state index in [1.807, 2.05) is 13.8 Å². The van der Waals surface area contributed by atoms with Gasteiger partial charge in [-0.2, -0.15) is 0 Å². The quantitative estimate of drug-likeness (QED) is 0.587.